The van der Waals surface area contributed by atoms with Crippen molar-refractivity contribution in [2.75, 3.05) is 47.0 Å². The van der Waals surface area contributed by atoms with E-state index in [4.69, 9.17) is 9.72 Å². The zero-order chi connectivity index (χ0) is 38.0. The quantitative estimate of drug-likeness (QED) is 0.0575. The summed E-state index contributed by atoms with van der Waals surface area (Å²) in [6, 6.07) is 10.4. The van der Waals surface area contributed by atoms with E-state index in [1.54, 1.807) is 13.3 Å². The first-order valence-corrected chi connectivity index (χ1v) is 18.3. The number of benzene rings is 1. The molecular weight excluding hydrogens is 649 g/mol. The number of aliphatic hydroxyl groups excluding tert-OH is 1. The summed E-state index contributed by atoms with van der Waals surface area (Å²) in [6.07, 6.45) is 7.59. The molecule has 0 saturated heterocycles. The van der Waals surface area contributed by atoms with Crippen LogP contribution in [0.2, 0.25) is 0 Å². The average molecular weight is 712 g/mol. The lowest BCUT2D eigenvalue weighted by atomic mass is 9.84. The summed E-state index contributed by atoms with van der Waals surface area (Å²) in [5.41, 5.74) is 11.9. The van der Waals surface area contributed by atoms with Crippen LogP contribution in [0.4, 0.5) is 4.39 Å². The summed E-state index contributed by atoms with van der Waals surface area (Å²) >= 11 is 0. The summed E-state index contributed by atoms with van der Waals surface area (Å²) in [5.74, 6) is -0.268. The van der Waals surface area contributed by atoms with Gasteiger partial charge in [0.25, 0.3) is 0 Å². The monoisotopic (exact) mass is 711 g/mol. The molecule has 1 atom stereocenters. The molecule has 11 heteroatoms. The fourth-order valence-electron chi connectivity index (χ4n) is 6.27. The third-order valence-electron chi connectivity index (χ3n) is 9.08. The van der Waals surface area contributed by atoms with Crippen molar-refractivity contribution in [2.24, 2.45) is 5.41 Å². The Morgan fingerprint density at radius 2 is 1.86 bits per heavy atom. The number of carbonyl (C=O) groups is 2. The number of carbonyl (C=O) groups excluding carboxylic acids is 2. The maximum absolute atomic E-state index is 15.5. The van der Waals surface area contributed by atoms with Crippen LogP contribution in [0.15, 0.2) is 42.4 Å². The van der Waals surface area contributed by atoms with E-state index in [9.17, 15) is 14.7 Å². The molecule has 3 N–H and O–H groups in total. The number of aromatic nitrogens is 2. The first-order valence-electron chi connectivity index (χ1n) is 18.3. The van der Waals surface area contributed by atoms with Crippen LogP contribution in [0.25, 0.3) is 27.7 Å². The summed E-state index contributed by atoms with van der Waals surface area (Å²) in [4.78, 5) is 27.0. The number of aryl methyl sites for hydroxylation is 1. The van der Waals surface area contributed by atoms with E-state index < -0.39 is 0 Å². The summed E-state index contributed by atoms with van der Waals surface area (Å²) in [5, 5.41) is 11.4. The SMILES string of the molecule is CC.CCn1c(-c2cccnc2C(C)OC)c(CC(C)(C)CO)c2cc(C3=C(F)CCN(CCCCCCNNC=O)C3)ccc21.COC(C)=O. The lowest BCUT2D eigenvalue weighted by Gasteiger charge is -2.28. The molecule has 1 aliphatic rings. The number of hydrogen-bond donors (Lipinski definition) is 3. The minimum Gasteiger partial charge on any atom is -0.469 e. The Morgan fingerprint density at radius 1 is 1.16 bits per heavy atom. The number of halogens is 1. The van der Waals surface area contributed by atoms with Gasteiger partial charge in [0.1, 0.15) is 5.83 Å². The molecule has 1 unspecified atom stereocenters. The van der Waals surface area contributed by atoms with Gasteiger partial charge in [-0.05, 0) is 80.5 Å². The fourth-order valence-corrected chi connectivity index (χ4v) is 6.27. The molecule has 0 fully saturated rings. The molecule has 1 aromatic carbocycles. The van der Waals surface area contributed by atoms with Gasteiger partial charge in [0.05, 0.1) is 24.6 Å². The highest BCUT2D eigenvalue weighted by molar-refractivity contribution is 5.95. The van der Waals surface area contributed by atoms with Crippen LogP contribution >= 0.6 is 0 Å². The number of fused-ring (bicyclic) bond motifs is 1. The van der Waals surface area contributed by atoms with Gasteiger partial charge in [-0.15, -0.1) is 0 Å². The number of nitrogens with one attached hydrogen (secondary N) is 2. The molecule has 0 saturated carbocycles. The Kier molecular flexibility index (Phi) is 19.1. The Labute approximate surface area is 304 Å². The van der Waals surface area contributed by atoms with Gasteiger partial charge >= 0.3 is 5.97 Å². The smallest absolute Gasteiger partial charge is 0.302 e. The fraction of sp³-hybridized carbons (Fsp3) is 0.575. The van der Waals surface area contributed by atoms with Crippen molar-refractivity contribution in [3.63, 3.8) is 0 Å². The van der Waals surface area contributed by atoms with Crippen molar-refractivity contribution in [1.82, 2.24) is 25.3 Å². The van der Waals surface area contributed by atoms with Gasteiger partial charge in [0.2, 0.25) is 6.41 Å². The normalized spacial score (nSPS) is 13.9. The first kappa shape index (κ1) is 43.5. The maximum atomic E-state index is 15.5. The summed E-state index contributed by atoms with van der Waals surface area (Å²) < 4.78 is 27.6. The number of amides is 1. The predicted octanol–water partition coefficient (Wildman–Crippen LogP) is 7.39. The zero-order valence-corrected chi connectivity index (χ0v) is 32.4. The largest absolute Gasteiger partial charge is 0.469 e. The van der Waals surface area contributed by atoms with Crippen LogP contribution in [-0.2, 0) is 32.0 Å². The van der Waals surface area contributed by atoms with Crippen LogP contribution in [0.5, 0.6) is 0 Å². The molecule has 4 rings (SSSR count). The van der Waals surface area contributed by atoms with E-state index in [1.807, 2.05) is 26.8 Å². The highest BCUT2D eigenvalue weighted by Crippen LogP contribution is 2.41. The molecule has 284 valence electrons. The molecule has 3 heterocycles. The molecule has 0 radical (unpaired) electrons. The van der Waals surface area contributed by atoms with E-state index in [1.165, 1.54) is 14.0 Å². The van der Waals surface area contributed by atoms with Crippen LogP contribution < -0.4 is 10.9 Å². The van der Waals surface area contributed by atoms with E-state index in [2.05, 4.69) is 70.1 Å². The second-order valence-electron chi connectivity index (χ2n) is 13.3. The Balaban J connectivity index is 0.00000118. The third kappa shape index (κ3) is 12.5. The van der Waals surface area contributed by atoms with E-state index >= 15 is 4.39 Å². The third-order valence-corrected chi connectivity index (χ3v) is 9.08. The van der Waals surface area contributed by atoms with Gasteiger partial charge < -0.3 is 19.1 Å². The van der Waals surface area contributed by atoms with Crippen molar-refractivity contribution in [3.8, 4) is 11.3 Å². The number of ether oxygens (including phenoxy) is 2. The number of rotatable bonds is 17. The highest BCUT2D eigenvalue weighted by Gasteiger charge is 2.28. The second-order valence-corrected chi connectivity index (χ2v) is 13.3. The molecular formula is C40H62FN5O5. The van der Waals surface area contributed by atoms with Crippen molar-refractivity contribution >= 4 is 28.9 Å². The highest BCUT2D eigenvalue weighted by atomic mass is 19.1. The van der Waals surface area contributed by atoms with Crippen LogP contribution in [0, 0.1) is 5.41 Å². The number of hydrogen-bond acceptors (Lipinski definition) is 8. The molecule has 0 aliphatic carbocycles. The number of unbranched alkanes of at least 4 members (excludes halogenated alkanes) is 3. The lowest BCUT2D eigenvalue weighted by Crippen LogP contribution is -2.32. The zero-order valence-electron chi connectivity index (χ0n) is 32.4. The van der Waals surface area contributed by atoms with Crippen LogP contribution in [-0.4, -0.2) is 78.9 Å². The van der Waals surface area contributed by atoms with Crippen molar-refractivity contribution in [1.29, 1.82) is 0 Å². The summed E-state index contributed by atoms with van der Waals surface area (Å²) in [6.45, 7) is 17.5. The number of nitrogens with zero attached hydrogens (tertiary/aromatic N) is 3. The first-order chi connectivity index (χ1) is 24.5. The molecule has 3 aromatic rings. The predicted molar refractivity (Wildman–Crippen MR) is 205 cm³/mol. The van der Waals surface area contributed by atoms with Gasteiger partial charge in [0, 0.05) is 81.5 Å². The van der Waals surface area contributed by atoms with Gasteiger partial charge in [-0.1, -0.05) is 46.6 Å². The molecule has 0 spiro atoms. The molecule has 1 aliphatic heterocycles. The Hall–Kier alpha value is -3.64. The molecule has 2 aromatic heterocycles. The number of esters is 1. The molecule has 10 nitrogen and oxygen atoms in total. The molecule has 0 bridgehead atoms. The van der Waals surface area contributed by atoms with Gasteiger partial charge in [-0.25, -0.2) is 9.82 Å². The Bertz CT molecular complexity index is 1550. The molecule has 1 amide bonds. The van der Waals surface area contributed by atoms with E-state index in [0.29, 0.717) is 25.8 Å². The van der Waals surface area contributed by atoms with Gasteiger partial charge in [-0.3, -0.25) is 24.9 Å². The number of methoxy groups -OCH3 is 2. The van der Waals surface area contributed by atoms with Gasteiger partial charge in [-0.2, -0.15) is 0 Å². The number of pyridine rings is 1. The van der Waals surface area contributed by atoms with Crippen LogP contribution in [0.1, 0.15) is 103 Å². The minimum absolute atomic E-state index is 0.0230. The van der Waals surface area contributed by atoms with Crippen molar-refractivity contribution < 1.29 is 28.6 Å². The Morgan fingerprint density at radius 3 is 2.49 bits per heavy atom. The number of hydrazine groups is 1. The lowest BCUT2D eigenvalue weighted by molar-refractivity contribution is -0.137. The van der Waals surface area contributed by atoms with E-state index in [-0.39, 0.29) is 29.9 Å². The average Bonchev–Trinajstić information content (AvgIpc) is 3.45. The van der Waals surface area contributed by atoms with E-state index in [0.717, 1.165) is 96.4 Å². The minimum atomic E-state index is -0.347. The summed E-state index contributed by atoms with van der Waals surface area (Å²) in [7, 11) is 3.05. The maximum Gasteiger partial charge on any atom is 0.302 e. The topological polar surface area (TPSA) is 118 Å². The standard InChI is InChI=1S/C35H50FN5O3.C3H6O2.C2H6/c1-6-41-32-14-13-26(30-22-40(19-15-31(30)36)18-10-8-7-9-17-38-39-24-43)20-28(32)29(21-35(3,4)23-42)34(41)27-12-11-16-37-33(27)25(2)44-5;1-3(4)5-2;1-2/h11-14,16,20,24-25,38,42H,6-10,15,17-19,21-23H2,1-5H3,(H,39,43);1-2H3;1-2H3. The van der Waals surface area contributed by atoms with Crippen LogP contribution in [0.3, 0.4) is 0 Å². The van der Waals surface area contributed by atoms with Crippen molar-refractivity contribution in [2.45, 2.75) is 99.6 Å². The van der Waals surface area contributed by atoms with Crippen molar-refractivity contribution in [3.05, 3.63) is 59.2 Å². The molecule has 51 heavy (non-hydrogen) atoms. The number of aliphatic hydroxyl groups is 1. The van der Waals surface area contributed by atoms with Gasteiger partial charge in [0.15, 0.2) is 0 Å². The second kappa shape index (κ2) is 22.3.